The highest BCUT2D eigenvalue weighted by atomic mass is 35.5. The van der Waals surface area contributed by atoms with E-state index in [0.717, 1.165) is 43.9 Å². The summed E-state index contributed by atoms with van der Waals surface area (Å²) >= 11 is 6.83. The van der Waals surface area contributed by atoms with Crippen LogP contribution in [0.3, 0.4) is 0 Å². The van der Waals surface area contributed by atoms with E-state index in [-0.39, 0.29) is 5.91 Å². The summed E-state index contributed by atoms with van der Waals surface area (Å²) in [6.45, 7) is 7.76. The minimum atomic E-state index is -0.0526. The van der Waals surface area contributed by atoms with Crippen LogP contribution < -0.4 is 0 Å². The van der Waals surface area contributed by atoms with Gasteiger partial charge in [-0.15, -0.1) is 10.2 Å². The molecule has 0 N–H and O–H groups in total. The van der Waals surface area contributed by atoms with Crippen molar-refractivity contribution in [1.29, 1.82) is 0 Å². The Labute approximate surface area is 116 Å². The van der Waals surface area contributed by atoms with Crippen molar-refractivity contribution < 1.29 is 4.79 Å². The maximum absolute atomic E-state index is 12.1. The van der Waals surface area contributed by atoms with Crippen LogP contribution in [0.2, 0.25) is 4.47 Å². The first kappa shape index (κ1) is 13.7. The van der Waals surface area contributed by atoms with Gasteiger partial charge in [-0.1, -0.05) is 18.3 Å². The van der Waals surface area contributed by atoms with Gasteiger partial charge in [-0.3, -0.25) is 9.69 Å². The molecule has 1 aromatic heterocycles. The number of aromatic nitrogens is 2. The van der Waals surface area contributed by atoms with Gasteiger partial charge in [-0.2, -0.15) is 0 Å². The van der Waals surface area contributed by atoms with Crippen molar-refractivity contribution in [3.8, 4) is 0 Å². The molecule has 100 valence electrons. The quantitative estimate of drug-likeness (QED) is 0.850. The molecule has 18 heavy (non-hydrogen) atoms. The third kappa shape index (κ3) is 2.99. The van der Waals surface area contributed by atoms with Crippen LogP contribution in [-0.2, 0) is 0 Å². The normalized spacial score (nSPS) is 18.9. The van der Waals surface area contributed by atoms with Crippen LogP contribution in [0.15, 0.2) is 0 Å². The fourth-order valence-electron chi connectivity index (χ4n) is 2.05. The molecule has 7 heteroatoms. The van der Waals surface area contributed by atoms with Crippen LogP contribution in [0.4, 0.5) is 0 Å². The van der Waals surface area contributed by atoms with Gasteiger partial charge >= 0.3 is 0 Å². The summed E-state index contributed by atoms with van der Waals surface area (Å²) < 4.78 is 0.316. The van der Waals surface area contributed by atoms with Gasteiger partial charge < -0.3 is 4.90 Å². The minimum absolute atomic E-state index is 0.0526. The number of hydrogen-bond acceptors (Lipinski definition) is 5. The van der Waals surface area contributed by atoms with E-state index in [0.29, 0.717) is 15.5 Å². The number of hydrogen-bond donors (Lipinski definition) is 0. The maximum Gasteiger partial charge on any atom is 0.284 e. The summed E-state index contributed by atoms with van der Waals surface area (Å²) in [6, 6.07) is 0.582. The van der Waals surface area contributed by atoms with E-state index in [9.17, 15) is 4.79 Å². The zero-order chi connectivity index (χ0) is 13.1. The number of carbonyl (C=O) groups is 1. The molecule has 1 aromatic rings. The average molecular weight is 289 g/mol. The summed E-state index contributed by atoms with van der Waals surface area (Å²) in [7, 11) is 0. The van der Waals surface area contributed by atoms with Crippen molar-refractivity contribution >= 4 is 28.8 Å². The van der Waals surface area contributed by atoms with Crippen LogP contribution in [0.1, 0.15) is 30.1 Å². The third-order valence-electron chi connectivity index (χ3n) is 3.40. The van der Waals surface area contributed by atoms with Gasteiger partial charge in [-0.25, -0.2) is 0 Å². The second-order valence-corrected chi connectivity index (χ2v) is 6.01. The zero-order valence-electron chi connectivity index (χ0n) is 10.6. The number of halogens is 1. The molecule has 0 radical (unpaired) electrons. The molecule has 0 saturated carbocycles. The fourth-order valence-corrected chi connectivity index (χ4v) is 2.85. The highest BCUT2D eigenvalue weighted by molar-refractivity contribution is 7.17. The van der Waals surface area contributed by atoms with Crippen LogP contribution in [0, 0.1) is 0 Å². The van der Waals surface area contributed by atoms with Crippen LogP contribution >= 0.6 is 22.9 Å². The lowest BCUT2D eigenvalue weighted by Crippen LogP contribution is -2.51. The first-order valence-corrected chi connectivity index (χ1v) is 7.33. The molecular weight excluding hydrogens is 272 g/mol. The Kier molecular flexibility index (Phi) is 4.53. The van der Waals surface area contributed by atoms with Crippen molar-refractivity contribution in [2.24, 2.45) is 0 Å². The predicted molar refractivity (Wildman–Crippen MR) is 72.1 cm³/mol. The summed E-state index contributed by atoms with van der Waals surface area (Å²) in [4.78, 5) is 16.4. The van der Waals surface area contributed by atoms with E-state index in [2.05, 4.69) is 28.9 Å². The summed E-state index contributed by atoms with van der Waals surface area (Å²) in [5.74, 6) is -0.0526. The second-order valence-electron chi connectivity index (χ2n) is 4.45. The van der Waals surface area contributed by atoms with Gasteiger partial charge in [0.1, 0.15) is 0 Å². The van der Waals surface area contributed by atoms with Crippen molar-refractivity contribution in [3.63, 3.8) is 0 Å². The van der Waals surface area contributed by atoms with Gasteiger partial charge in [0.05, 0.1) is 0 Å². The third-order valence-corrected chi connectivity index (χ3v) is 4.41. The molecule has 1 atom stereocenters. The molecule has 0 spiro atoms. The van der Waals surface area contributed by atoms with Crippen molar-refractivity contribution in [2.75, 3.05) is 26.2 Å². The number of amides is 1. The van der Waals surface area contributed by atoms with Gasteiger partial charge in [0.25, 0.3) is 5.91 Å². The largest absolute Gasteiger partial charge is 0.334 e. The Balaban J connectivity index is 1.92. The fraction of sp³-hybridized carbons (Fsp3) is 0.727. The van der Waals surface area contributed by atoms with E-state index in [1.165, 1.54) is 0 Å². The monoisotopic (exact) mass is 288 g/mol. The lowest BCUT2D eigenvalue weighted by molar-refractivity contribution is 0.0578. The molecule has 0 bridgehead atoms. The molecular formula is C11H17ClN4OS. The Morgan fingerprint density at radius 1 is 1.39 bits per heavy atom. The topological polar surface area (TPSA) is 49.3 Å². The Hall–Kier alpha value is -0.720. The van der Waals surface area contributed by atoms with Crippen molar-refractivity contribution in [3.05, 3.63) is 9.47 Å². The average Bonchev–Trinajstić information content (AvgIpc) is 2.84. The Bertz CT molecular complexity index is 417. The molecule has 1 unspecified atom stereocenters. The standard InChI is InChI=1S/C11H17ClN4OS/c1-3-8(2)15-4-6-16(7-5-15)10(17)9-13-14-11(12)18-9/h8H,3-7H2,1-2H3. The summed E-state index contributed by atoms with van der Waals surface area (Å²) in [5.41, 5.74) is 0. The van der Waals surface area contributed by atoms with Crippen LogP contribution in [0.5, 0.6) is 0 Å². The smallest absolute Gasteiger partial charge is 0.284 e. The molecule has 0 aliphatic carbocycles. The summed E-state index contributed by atoms with van der Waals surface area (Å²) in [6.07, 6.45) is 1.14. The van der Waals surface area contributed by atoms with E-state index < -0.39 is 0 Å². The van der Waals surface area contributed by atoms with Crippen LogP contribution in [-0.4, -0.2) is 58.1 Å². The second kappa shape index (κ2) is 5.95. The number of nitrogens with zero attached hydrogens (tertiary/aromatic N) is 4. The van der Waals surface area contributed by atoms with Crippen molar-refractivity contribution in [2.45, 2.75) is 26.3 Å². The first-order valence-electron chi connectivity index (χ1n) is 6.14. The van der Waals surface area contributed by atoms with Gasteiger partial charge in [0.2, 0.25) is 9.47 Å². The molecule has 5 nitrogen and oxygen atoms in total. The van der Waals surface area contributed by atoms with Gasteiger partial charge in [0.15, 0.2) is 0 Å². The number of rotatable bonds is 3. The molecule has 2 heterocycles. The van der Waals surface area contributed by atoms with E-state index >= 15 is 0 Å². The lowest BCUT2D eigenvalue weighted by atomic mass is 10.2. The maximum atomic E-state index is 12.1. The van der Waals surface area contributed by atoms with Gasteiger partial charge in [-0.05, 0) is 24.9 Å². The Morgan fingerprint density at radius 3 is 2.56 bits per heavy atom. The Morgan fingerprint density at radius 2 is 2.06 bits per heavy atom. The minimum Gasteiger partial charge on any atom is -0.334 e. The number of piperazine rings is 1. The molecule has 1 aliphatic heterocycles. The predicted octanol–water partition coefficient (Wildman–Crippen LogP) is 1.75. The lowest BCUT2D eigenvalue weighted by Gasteiger charge is -2.37. The van der Waals surface area contributed by atoms with Crippen LogP contribution in [0.25, 0.3) is 0 Å². The highest BCUT2D eigenvalue weighted by Gasteiger charge is 2.26. The molecule has 1 aliphatic rings. The molecule has 1 amide bonds. The van der Waals surface area contributed by atoms with E-state index in [1.54, 1.807) is 0 Å². The van der Waals surface area contributed by atoms with E-state index in [1.807, 2.05) is 4.90 Å². The van der Waals surface area contributed by atoms with Crippen molar-refractivity contribution in [1.82, 2.24) is 20.0 Å². The first-order chi connectivity index (χ1) is 8.61. The van der Waals surface area contributed by atoms with Gasteiger partial charge in [0, 0.05) is 32.2 Å². The SMILES string of the molecule is CCC(C)N1CCN(C(=O)c2nnc(Cl)s2)CC1. The molecule has 1 saturated heterocycles. The number of carbonyl (C=O) groups excluding carboxylic acids is 1. The highest BCUT2D eigenvalue weighted by Crippen LogP contribution is 2.18. The molecule has 2 rings (SSSR count). The molecule has 0 aromatic carbocycles. The summed E-state index contributed by atoms with van der Waals surface area (Å²) in [5, 5.41) is 7.84. The van der Waals surface area contributed by atoms with E-state index in [4.69, 9.17) is 11.6 Å². The zero-order valence-corrected chi connectivity index (χ0v) is 12.2. The molecule has 1 fully saturated rings.